The Morgan fingerprint density at radius 3 is 2.44 bits per heavy atom. The molecule has 2 nitrogen and oxygen atoms in total. The first-order chi connectivity index (χ1) is 7.84. The third-order valence-electron chi connectivity index (χ3n) is 3.78. The zero-order valence-corrected chi connectivity index (χ0v) is 9.34. The van der Waals surface area contributed by atoms with Gasteiger partial charge in [-0.05, 0) is 29.9 Å². The summed E-state index contributed by atoms with van der Waals surface area (Å²) in [6.45, 7) is 2.11. The molecule has 2 bridgehead atoms. The molecule has 0 saturated carbocycles. The van der Waals surface area contributed by atoms with Crippen molar-refractivity contribution in [2.75, 3.05) is 13.1 Å². The van der Waals surface area contributed by atoms with Crippen LogP contribution in [0.1, 0.15) is 18.4 Å². The first kappa shape index (κ1) is 10.1. The Labute approximate surface area is 96.2 Å². The number of aliphatic hydroxyl groups excluding tert-OH is 1. The molecule has 0 amide bonds. The summed E-state index contributed by atoms with van der Waals surface area (Å²) in [5.74, 6) is 0.597. The molecule has 1 unspecified atom stereocenters. The van der Waals surface area contributed by atoms with Gasteiger partial charge in [0.1, 0.15) is 6.23 Å². The molecule has 1 aromatic rings. The van der Waals surface area contributed by atoms with E-state index in [9.17, 15) is 5.11 Å². The summed E-state index contributed by atoms with van der Waals surface area (Å²) in [4.78, 5) is 2.18. The first-order valence-corrected chi connectivity index (χ1v) is 6.03. The molecule has 2 heteroatoms. The lowest BCUT2D eigenvalue weighted by molar-refractivity contribution is -0.0289. The predicted molar refractivity (Wildman–Crippen MR) is 64.7 cm³/mol. The molecular formula is C14H17NO. The van der Waals surface area contributed by atoms with E-state index in [-0.39, 0.29) is 6.23 Å². The molecule has 3 saturated heterocycles. The largest absolute Gasteiger partial charge is 0.374 e. The van der Waals surface area contributed by atoms with E-state index in [1.165, 1.54) is 24.0 Å². The number of aliphatic hydroxyl groups is 1. The topological polar surface area (TPSA) is 23.5 Å². The molecule has 3 fully saturated rings. The van der Waals surface area contributed by atoms with Gasteiger partial charge in [-0.25, -0.2) is 0 Å². The number of nitrogens with zero attached hydrogens (tertiary/aromatic N) is 1. The number of hydrogen-bond donors (Lipinski definition) is 1. The van der Waals surface area contributed by atoms with Crippen molar-refractivity contribution in [1.29, 1.82) is 0 Å². The van der Waals surface area contributed by atoms with Crippen molar-refractivity contribution in [1.82, 2.24) is 4.90 Å². The van der Waals surface area contributed by atoms with E-state index in [2.05, 4.69) is 23.1 Å². The van der Waals surface area contributed by atoms with Crippen LogP contribution in [0.4, 0.5) is 0 Å². The van der Waals surface area contributed by atoms with Crippen molar-refractivity contribution in [2.45, 2.75) is 19.1 Å². The van der Waals surface area contributed by atoms with Gasteiger partial charge >= 0.3 is 0 Å². The Hall–Kier alpha value is -1.12. The van der Waals surface area contributed by atoms with Crippen molar-refractivity contribution in [2.24, 2.45) is 5.92 Å². The Balaban J connectivity index is 1.92. The van der Waals surface area contributed by atoms with Gasteiger partial charge in [-0.1, -0.05) is 36.4 Å². The normalized spacial score (nSPS) is 35.6. The summed E-state index contributed by atoms with van der Waals surface area (Å²) in [6, 6.07) is 10.3. The van der Waals surface area contributed by atoms with Crippen molar-refractivity contribution < 1.29 is 5.11 Å². The van der Waals surface area contributed by atoms with E-state index >= 15 is 0 Å². The molecule has 0 spiro atoms. The molecule has 3 aliphatic heterocycles. The maximum absolute atomic E-state index is 10.2. The van der Waals surface area contributed by atoms with Crippen LogP contribution in [0.5, 0.6) is 0 Å². The predicted octanol–water partition coefficient (Wildman–Crippen LogP) is 2.11. The minimum absolute atomic E-state index is 0.340. The zero-order chi connectivity index (χ0) is 11.0. The van der Waals surface area contributed by atoms with Crippen LogP contribution >= 0.6 is 0 Å². The second-order valence-electron chi connectivity index (χ2n) is 4.74. The molecule has 0 aromatic heterocycles. The summed E-state index contributed by atoms with van der Waals surface area (Å²) in [5.41, 5.74) is 2.41. The van der Waals surface area contributed by atoms with Crippen LogP contribution < -0.4 is 0 Å². The maximum Gasteiger partial charge on any atom is 0.130 e. The summed E-state index contributed by atoms with van der Waals surface area (Å²) < 4.78 is 0. The van der Waals surface area contributed by atoms with Crippen LogP contribution in [0, 0.1) is 5.92 Å². The van der Waals surface area contributed by atoms with Gasteiger partial charge in [0, 0.05) is 13.1 Å². The van der Waals surface area contributed by atoms with Crippen LogP contribution in [0.15, 0.2) is 35.9 Å². The van der Waals surface area contributed by atoms with Gasteiger partial charge in [0.05, 0.1) is 0 Å². The smallest absolute Gasteiger partial charge is 0.130 e. The van der Waals surface area contributed by atoms with Gasteiger partial charge < -0.3 is 5.11 Å². The van der Waals surface area contributed by atoms with E-state index in [1.807, 2.05) is 18.2 Å². The van der Waals surface area contributed by atoms with Crippen molar-refractivity contribution in [3.63, 3.8) is 0 Å². The summed E-state index contributed by atoms with van der Waals surface area (Å²) in [5, 5.41) is 10.2. The third kappa shape index (κ3) is 1.68. The van der Waals surface area contributed by atoms with E-state index < -0.39 is 0 Å². The van der Waals surface area contributed by atoms with Gasteiger partial charge in [-0.2, -0.15) is 0 Å². The summed E-state index contributed by atoms with van der Waals surface area (Å²) >= 11 is 0. The number of rotatable bonds is 1. The molecule has 16 heavy (non-hydrogen) atoms. The molecular weight excluding hydrogens is 198 g/mol. The fourth-order valence-corrected chi connectivity index (χ4v) is 2.83. The molecule has 1 N–H and O–H groups in total. The van der Waals surface area contributed by atoms with Crippen molar-refractivity contribution in [3.8, 4) is 0 Å². The van der Waals surface area contributed by atoms with Gasteiger partial charge in [0.2, 0.25) is 0 Å². The van der Waals surface area contributed by atoms with Gasteiger partial charge in [0.15, 0.2) is 0 Å². The SMILES string of the molecule is OC1C(=Cc2ccccc2)C2CCN1CC2. The molecule has 3 aliphatic rings. The number of piperidine rings is 3. The second kappa shape index (κ2) is 4.04. The Bertz CT molecular complexity index is 386. The molecule has 0 aliphatic carbocycles. The average molecular weight is 215 g/mol. The minimum Gasteiger partial charge on any atom is -0.374 e. The zero-order valence-electron chi connectivity index (χ0n) is 9.34. The molecule has 4 rings (SSSR count). The lowest BCUT2D eigenvalue weighted by atomic mass is 9.81. The van der Waals surface area contributed by atoms with Crippen LogP contribution in [0.2, 0.25) is 0 Å². The summed E-state index contributed by atoms with van der Waals surface area (Å²) in [7, 11) is 0. The van der Waals surface area contributed by atoms with Crippen LogP contribution in [0.25, 0.3) is 6.08 Å². The number of hydrogen-bond acceptors (Lipinski definition) is 2. The highest BCUT2D eigenvalue weighted by molar-refractivity contribution is 5.54. The minimum atomic E-state index is -0.340. The fourth-order valence-electron chi connectivity index (χ4n) is 2.83. The molecule has 0 radical (unpaired) electrons. The van der Waals surface area contributed by atoms with Crippen LogP contribution in [0.3, 0.4) is 0 Å². The lowest BCUT2D eigenvalue weighted by Crippen LogP contribution is -2.50. The van der Waals surface area contributed by atoms with Crippen LogP contribution in [-0.2, 0) is 0 Å². The van der Waals surface area contributed by atoms with Gasteiger partial charge in [0.25, 0.3) is 0 Å². The monoisotopic (exact) mass is 215 g/mol. The van der Waals surface area contributed by atoms with E-state index in [0.29, 0.717) is 5.92 Å². The quantitative estimate of drug-likeness (QED) is 0.775. The molecule has 3 heterocycles. The highest BCUT2D eigenvalue weighted by Crippen LogP contribution is 2.36. The molecule has 1 aromatic carbocycles. The highest BCUT2D eigenvalue weighted by atomic mass is 16.3. The van der Waals surface area contributed by atoms with E-state index in [4.69, 9.17) is 0 Å². The highest BCUT2D eigenvalue weighted by Gasteiger charge is 2.36. The maximum atomic E-state index is 10.2. The number of fused-ring (bicyclic) bond motifs is 3. The first-order valence-electron chi connectivity index (χ1n) is 6.03. The Morgan fingerprint density at radius 1 is 1.12 bits per heavy atom. The fraction of sp³-hybridized carbons (Fsp3) is 0.429. The van der Waals surface area contributed by atoms with E-state index in [0.717, 1.165) is 13.1 Å². The number of benzene rings is 1. The van der Waals surface area contributed by atoms with Crippen molar-refractivity contribution >= 4 is 6.08 Å². The van der Waals surface area contributed by atoms with Gasteiger partial charge in [-0.3, -0.25) is 4.90 Å². The Morgan fingerprint density at radius 2 is 1.81 bits per heavy atom. The Kier molecular flexibility index (Phi) is 2.54. The van der Waals surface area contributed by atoms with E-state index in [1.54, 1.807) is 0 Å². The van der Waals surface area contributed by atoms with Crippen molar-refractivity contribution in [3.05, 3.63) is 41.5 Å². The van der Waals surface area contributed by atoms with Crippen LogP contribution in [-0.4, -0.2) is 29.3 Å². The average Bonchev–Trinajstić information content (AvgIpc) is 2.36. The summed E-state index contributed by atoms with van der Waals surface area (Å²) in [6.07, 6.45) is 4.24. The molecule has 1 atom stereocenters. The lowest BCUT2D eigenvalue weighted by Gasteiger charge is -2.45. The standard InChI is InChI=1S/C14H17NO/c16-14-13(10-11-4-2-1-3-5-11)12-6-8-15(14)9-7-12/h1-5,10,12,14,16H,6-9H2. The molecule has 84 valence electrons. The third-order valence-corrected chi connectivity index (χ3v) is 3.78. The van der Waals surface area contributed by atoms with Gasteiger partial charge in [-0.15, -0.1) is 0 Å². The second-order valence-corrected chi connectivity index (χ2v) is 4.74.